The largest absolute Gasteiger partial charge is 0.335 e. The lowest BCUT2D eigenvalue weighted by Crippen LogP contribution is -2.06. The average Bonchev–Trinajstić information content (AvgIpc) is 2.96. The summed E-state index contributed by atoms with van der Waals surface area (Å²) in [4.78, 5) is 4.65. The van der Waals surface area contributed by atoms with E-state index in [0.29, 0.717) is 0 Å². The molecule has 2 aromatic carbocycles. The summed E-state index contributed by atoms with van der Waals surface area (Å²) in [5, 5.41) is 4.25. The highest BCUT2D eigenvalue weighted by atomic mass is 32.1. The van der Waals surface area contributed by atoms with Crippen LogP contribution in [0.4, 0.5) is 5.13 Å². The molecule has 1 heterocycles. The first kappa shape index (κ1) is 15.5. The van der Waals surface area contributed by atoms with Crippen molar-refractivity contribution in [2.24, 2.45) is 0 Å². The Labute approximate surface area is 141 Å². The number of thiazole rings is 1. The summed E-state index contributed by atoms with van der Waals surface area (Å²) in [5.41, 5.74) is 5.43. The fourth-order valence-electron chi connectivity index (χ4n) is 2.43. The van der Waals surface area contributed by atoms with Gasteiger partial charge in [-0.3, -0.25) is 0 Å². The number of anilines is 1. The van der Waals surface area contributed by atoms with Crippen LogP contribution >= 0.6 is 11.3 Å². The second-order valence-corrected chi connectivity index (χ2v) is 6.80. The van der Waals surface area contributed by atoms with Crippen LogP contribution in [0.25, 0.3) is 15.8 Å². The number of fused-ring (bicyclic) bond motifs is 1. The Bertz CT molecular complexity index is 862. The molecule has 2 nitrogen and oxygen atoms in total. The maximum absolute atomic E-state index is 4.65. The van der Waals surface area contributed by atoms with Crippen molar-refractivity contribution in [1.82, 2.24) is 4.98 Å². The van der Waals surface area contributed by atoms with Crippen molar-refractivity contribution in [1.29, 1.82) is 0 Å². The summed E-state index contributed by atoms with van der Waals surface area (Å²) in [6.07, 6.45) is 0. The monoisotopic (exact) mass is 320 g/mol. The van der Waals surface area contributed by atoms with Crippen LogP contribution < -0.4 is 5.32 Å². The van der Waals surface area contributed by atoms with E-state index >= 15 is 0 Å². The minimum Gasteiger partial charge on any atom is -0.335 e. The third kappa shape index (κ3) is 3.35. The van der Waals surface area contributed by atoms with Gasteiger partial charge in [-0.15, -0.1) is 0 Å². The molecule has 23 heavy (non-hydrogen) atoms. The van der Waals surface area contributed by atoms with Crippen molar-refractivity contribution in [2.45, 2.75) is 19.8 Å². The third-order valence-corrected chi connectivity index (χ3v) is 4.90. The standard InChI is InChI=1S/C20H20N2S/c1-13(2)17-10-11-18-19(12-17)23-20(22-18)21-15(4)14(3)16-8-6-5-7-9-16/h5-12,14H,1,4H2,2-3H3,(H,21,22). The van der Waals surface area contributed by atoms with Gasteiger partial charge in [-0.05, 0) is 30.2 Å². The molecule has 0 fully saturated rings. The summed E-state index contributed by atoms with van der Waals surface area (Å²) in [5.74, 6) is 0.231. The van der Waals surface area contributed by atoms with E-state index in [-0.39, 0.29) is 5.92 Å². The van der Waals surface area contributed by atoms with Gasteiger partial charge in [-0.1, -0.05) is 73.4 Å². The Kier molecular flexibility index (Phi) is 4.30. The Morgan fingerprint density at radius 3 is 2.57 bits per heavy atom. The molecular weight excluding hydrogens is 300 g/mol. The van der Waals surface area contributed by atoms with E-state index in [0.717, 1.165) is 32.2 Å². The number of hydrogen-bond acceptors (Lipinski definition) is 3. The second-order valence-electron chi connectivity index (χ2n) is 5.76. The van der Waals surface area contributed by atoms with Crippen molar-refractivity contribution >= 4 is 32.3 Å². The third-order valence-electron chi connectivity index (χ3n) is 3.97. The number of aromatic nitrogens is 1. The number of benzene rings is 2. The average molecular weight is 320 g/mol. The molecule has 3 aromatic rings. The molecular formula is C20H20N2S. The fraction of sp³-hybridized carbons (Fsp3) is 0.150. The zero-order valence-electron chi connectivity index (χ0n) is 13.5. The molecule has 0 saturated heterocycles. The molecule has 0 aliphatic rings. The van der Waals surface area contributed by atoms with Gasteiger partial charge >= 0.3 is 0 Å². The number of nitrogens with one attached hydrogen (secondary N) is 1. The van der Waals surface area contributed by atoms with E-state index in [2.05, 4.69) is 66.8 Å². The molecule has 3 heteroatoms. The Morgan fingerprint density at radius 2 is 1.87 bits per heavy atom. The van der Waals surface area contributed by atoms with Gasteiger partial charge in [0.2, 0.25) is 0 Å². The van der Waals surface area contributed by atoms with Crippen LogP contribution in [0.15, 0.2) is 67.4 Å². The molecule has 1 N–H and O–H groups in total. The van der Waals surface area contributed by atoms with E-state index in [1.807, 2.05) is 19.1 Å². The van der Waals surface area contributed by atoms with E-state index in [9.17, 15) is 0 Å². The zero-order valence-corrected chi connectivity index (χ0v) is 14.3. The van der Waals surface area contributed by atoms with E-state index in [1.54, 1.807) is 11.3 Å². The van der Waals surface area contributed by atoms with Crippen LogP contribution in [-0.4, -0.2) is 4.98 Å². The highest BCUT2D eigenvalue weighted by Gasteiger charge is 2.12. The van der Waals surface area contributed by atoms with Crippen LogP contribution in [0.1, 0.15) is 30.9 Å². The number of nitrogens with zero attached hydrogens (tertiary/aromatic N) is 1. The first-order valence-electron chi connectivity index (χ1n) is 7.62. The molecule has 0 bridgehead atoms. The van der Waals surface area contributed by atoms with Crippen LogP contribution in [0.5, 0.6) is 0 Å². The van der Waals surface area contributed by atoms with Gasteiger partial charge in [-0.2, -0.15) is 0 Å². The Morgan fingerprint density at radius 1 is 1.13 bits per heavy atom. The highest BCUT2D eigenvalue weighted by molar-refractivity contribution is 7.22. The molecule has 0 aliphatic heterocycles. The van der Waals surface area contributed by atoms with Gasteiger partial charge in [0.25, 0.3) is 0 Å². The Balaban J connectivity index is 1.81. The molecule has 0 amide bonds. The van der Waals surface area contributed by atoms with Crippen molar-refractivity contribution < 1.29 is 0 Å². The highest BCUT2D eigenvalue weighted by Crippen LogP contribution is 2.31. The molecule has 0 radical (unpaired) electrons. The normalized spacial score (nSPS) is 12.1. The van der Waals surface area contributed by atoms with Crippen molar-refractivity contribution in [3.05, 3.63) is 78.5 Å². The molecule has 116 valence electrons. The number of rotatable bonds is 5. The summed E-state index contributed by atoms with van der Waals surface area (Å²) < 4.78 is 1.16. The van der Waals surface area contributed by atoms with E-state index in [1.165, 1.54) is 5.56 Å². The van der Waals surface area contributed by atoms with Gasteiger partial charge in [0.05, 0.1) is 10.2 Å². The molecule has 1 unspecified atom stereocenters. The van der Waals surface area contributed by atoms with Gasteiger partial charge in [0, 0.05) is 11.6 Å². The first-order valence-corrected chi connectivity index (χ1v) is 8.43. The van der Waals surface area contributed by atoms with E-state index < -0.39 is 0 Å². The second kappa shape index (κ2) is 6.39. The lowest BCUT2D eigenvalue weighted by molar-refractivity contribution is 0.903. The van der Waals surface area contributed by atoms with E-state index in [4.69, 9.17) is 0 Å². The van der Waals surface area contributed by atoms with Crippen molar-refractivity contribution in [3.63, 3.8) is 0 Å². The minimum absolute atomic E-state index is 0.231. The van der Waals surface area contributed by atoms with Crippen molar-refractivity contribution in [2.75, 3.05) is 5.32 Å². The smallest absolute Gasteiger partial charge is 0.188 e. The summed E-state index contributed by atoms with van der Waals surface area (Å²) in [6, 6.07) is 16.6. The summed E-state index contributed by atoms with van der Waals surface area (Å²) in [7, 11) is 0. The topological polar surface area (TPSA) is 24.9 Å². The molecule has 0 saturated carbocycles. The predicted molar refractivity (Wildman–Crippen MR) is 102 cm³/mol. The molecule has 1 aromatic heterocycles. The van der Waals surface area contributed by atoms with Gasteiger partial charge in [-0.25, -0.2) is 4.98 Å². The lowest BCUT2D eigenvalue weighted by atomic mass is 9.99. The first-order chi connectivity index (χ1) is 11.0. The summed E-state index contributed by atoms with van der Waals surface area (Å²) >= 11 is 1.65. The van der Waals surface area contributed by atoms with Crippen LogP contribution in [0.3, 0.4) is 0 Å². The molecule has 0 aliphatic carbocycles. The van der Waals surface area contributed by atoms with Crippen LogP contribution in [-0.2, 0) is 0 Å². The van der Waals surface area contributed by atoms with Gasteiger partial charge in [0.15, 0.2) is 5.13 Å². The fourth-order valence-corrected chi connectivity index (χ4v) is 3.37. The molecule has 3 rings (SSSR count). The Hall–Kier alpha value is -2.39. The quantitative estimate of drug-likeness (QED) is 0.618. The van der Waals surface area contributed by atoms with Gasteiger partial charge < -0.3 is 5.32 Å². The molecule has 0 spiro atoms. The maximum Gasteiger partial charge on any atom is 0.188 e. The summed E-state index contributed by atoms with van der Waals surface area (Å²) in [6.45, 7) is 12.4. The van der Waals surface area contributed by atoms with Crippen LogP contribution in [0.2, 0.25) is 0 Å². The lowest BCUT2D eigenvalue weighted by Gasteiger charge is -2.15. The van der Waals surface area contributed by atoms with Gasteiger partial charge in [0.1, 0.15) is 0 Å². The predicted octanol–water partition coefficient (Wildman–Crippen LogP) is 6.06. The maximum atomic E-state index is 4.65. The number of hydrogen-bond donors (Lipinski definition) is 1. The minimum atomic E-state index is 0.231. The van der Waals surface area contributed by atoms with Crippen molar-refractivity contribution in [3.8, 4) is 0 Å². The number of allylic oxidation sites excluding steroid dienone is 2. The SMILES string of the molecule is C=C(C)c1ccc2nc(NC(=C)C(C)c3ccccc3)sc2c1. The molecule has 1 atom stereocenters. The zero-order chi connectivity index (χ0) is 16.4. The van der Waals surface area contributed by atoms with Crippen LogP contribution in [0, 0.1) is 0 Å².